The largest absolute Gasteiger partial charge is 0.497 e. The van der Waals surface area contributed by atoms with Gasteiger partial charge in [-0.25, -0.2) is 4.39 Å². The maximum Gasteiger partial charge on any atom is 0.419 e. The van der Waals surface area contributed by atoms with Gasteiger partial charge in [-0.3, -0.25) is 9.59 Å². The Morgan fingerprint density at radius 3 is 1.97 bits per heavy atom. The van der Waals surface area contributed by atoms with Gasteiger partial charge < -0.3 is 14.5 Å². The van der Waals surface area contributed by atoms with Gasteiger partial charge in [0.15, 0.2) is 0 Å². The fraction of sp³-hybridized carbons (Fsp3) is 0.300. The van der Waals surface area contributed by atoms with Crippen molar-refractivity contribution in [3.05, 3.63) is 65.0 Å². The molecular formula is C20H18F4N2O3. The summed E-state index contributed by atoms with van der Waals surface area (Å²) >= 11 is 0. The fourth-order valence-electron chi connectivity index (χ4n) is 3.11. The van der Waals surface area contributed by atoms with E-state index in [9.17, 15) is 27.2 Å². The molecule has 0 atom stereocenters. The average molecular weight is 410 g/mol. The molecule has 3 rings (SSSR count). The van der Waals surface area contributed by atoms with E-state index in [1.165, 1.54) is 12.0 Å². The lowest BCUT2D eigenvalue weighted by Crippen LogP contribution is -2.50. The molecule has 29 heavy (non-hydrogen) atoms. The molecule has 9 heteroatoms. The third kappa shape index (κ3) is 4.49. The number of alkyl halides is 3. The van der Waals surface area contributed by atoms with Gasteiger partial charge in [0.25, 0.3) is 11.8 Å². The van der Waals surface area contributed by atoms with Crippen molar-refractivity contribution in [2.75, 3.05) is 33.3 Å². The smallest absolute Gasteiger partial charge is 0.419 e. The standard InChI is InChI=1S/C20H18F4N2O3/c1-29-15-4-2-3-13(11-15)18(27)25-7-9-26(10-8-25)19(28)14-5-6-17(21)16(12-14)20(22,23)24/h2-6,11-12H,7-10H2,1H3. The quantitative estimate of drug-likeness (QED) is 0.729. The molecule has 1 saturated heterocycles. The maximum absolute atomic E-state index is 13.4. The number of methoxy groups -OCH3 is 1. The summed E-state index contributed by atoms with van der Waals surface area (Å²) in [5.41, 5.74) is -1.28. The van der Waals surface area contributed by atoms with Crippen LogP contribution in [0.15, 0.2) is 42.5 Å². The lowest BCUT2D eigenvalue weighted by molar-refractivity contribution is -0.140. The molecule has 2 amide bonds. The molecule has 0 N–H and O–H groups in total. The first-order valence-electron chi connectivity index (χ1n) is 8.80. The van der Waals surface area contributed by atoms with Gasteiger partial charge in [0.2, 0.25) is 0 Å². The van der Waals surface area contributed by atoms with Gasteiger partial charge in [0, 0.05) is 37.3 Å². The molecule has 2 aromatic carbocycles. The van der Waals surface area contributed by atoms with Crippen molar-refractivity contribution in [1.29, 1.82) is 0 Å². The zero-order valence-corrected chi connectivity index (χ0v) is 15.5. The minimum Gasteiger partial charge on any atom is -0.497 e. The molecule has 1 aliphatic rings. The highest BCUT2D eigenvalue weighted by molar-refractivity contribution is 5.96. The number of carbonyl (C=O) groups excluding carboxylic acids is 2. The molecule has 1 heterocycles. The molecule has 0 aromatic heterocycles. The van der Waals surface area contributed by atoms with Gasteiger partial charge in [-0.1, -0.05) is 6.07 Å². The van der Waals surface area contributed by atoms with Gasteiger partial charge >= 0.3 is 6.18 Å². The van der Waals surface area contributed by atoms with E-state index >= 15 is 0 Å². The number of carbonyl (C=O) groups is 2. The minimum atomic E-state index is -4.89. The van der Waals surface area contributed by atoms with Crippen molar-refractivity contribution in [3.8, 4) is 5.75 Å². The lowest BCUT2D eigenvalue weighted by atomic mass is 10.1. The topological polar surface area (TPSA) is 49.9 Å². The summed E-state index contributed by atoms with van der Waals surface area (Å²) in [7, 11) is 1.49. The Labute approximate surface area is 164 Å². The van der Waals surface area contributed by atoms with E-state index in [1.54, 1.807) is 29.2 Å². The van der Waals surface area contributed by atoms with E-state index in [4.69, 9.17) is 4.74 Å². The zero-order valence-electron chi connectivity index (χ0n) is 15.5. The van der Waals surface area contributed by atoms with Crippen LogP contribution in [0, 0.1) is 5.82 Å². The first kappa shape index (κ1) is 20.6. The molecule has 5 nitrogen and oxygen atoms in total. The van der Waals surface area contributed by atoms with Crippen molar-refractivity contribution in [2.45, 2.75) is 6.18 Å². The van der Waals surface area contributed by atoms with E-state index in [1.807, 2.05) is 0 Å². The molecule has 0 aliphatic carbocycles. The van der Waals surface area contributed by atoms with Gasteiger partial charge in [-0.2, -0.15) is 13.2 Å². The molecule has 0 spiro atoms. The normalized spacial score (nSPS) is 14.7. The number of rotatable bonds is 3. The number of piperazine rings is 1. The molecule has 0 saturated carbocycles. The van der Waals surface area contributed by atoms with Gasteiger partial charge in [-0.05, 0) is 36.4 Å². The number of ether oxygens (including phenoxy) is 1. The van der Waals surface area contributed by atoms with Crippen LogP contribution in [0.1, 0.15) is 26.3 Å². The summed E-state index contributed by atoms with van der Waals surface area (Å²) in [5, 5.41) is 0. The van der Waals surface area contributed by atoms with Crippen LogP contribution in [-0.4, -0.2) is 54.9 Å². The highest BCUT2D eigenvalue weighted by Gasteiger charge is 2.35. The first-order chi connectivity index (χ1) is 13.7. The molecule has 2 aromatic rings. The Morgan fingerprint density at radius 1 is 0.897 bits per heavy atom. The first-order valence-corrected chi connectivity index (χ1v) is 8.80. The van der Waals surface area contributed by atoms with Crippen LogP contribution in [0.5, 0.6) is 5.75 Å². The Morgan fingerprint density at radius 2 is 1.45 bits per heavy atom. The fourth-order valence-corrected chi connectivity index (χ4v) is 3.11. The SMILES string of the molecule is COc1cccc(C(=O)N2CCN(C(=O)c3ccc(F)c(C(F)(F)F)c3)CC2)c1. The zero-order chi connectivity index (χ0) is 21.2. The van der Waals surface area contributed by atoms with E-state index in [2.05, 4.69) is 0 Å². The van der Waals surface area contributed by atoms with E-state index in [0.29, 0.717) is 23.4 Å². The monoisotopic (exact) mass is 410 g/mol. The lowest BCUT2D eigenvalue weighted by Gasteiger charge is -2.35. The second kappa shape index (κ2) is 8.10. The summed E-state index contributed by atoms with van der Waals surface area (Å²) in [4.78, 5) is 28.1. The third-order valence-electron chi connectivity index (χ3n) is 4.69. The van der Waals surface area contributed by atoms with Gasteiger partial charge in [-0.15, -0.1) is 0 Å². The number of amides is 2. The molecule has 0 radical (unpaired) electrons. The summed E-state index contributed by atoms with van der Waals surface area (Å²) in [6, 6.07) is 8.85. The van der Waals surface area contributed by atoms with Crippen molar-refractivity contribution < 1.29 is 31.9 Å². The Kier molecular flexibility index (Phi) is 5.76. The van der Waals surface area contributed by atoms with Crippen molar-refractivity contribution in [3.63, 3.8) is 0 Å². The predicted molar refractivity (Wildman–Crippen MR) is 96.2 cm³/mol. The second-order valence-corrected chi connectivity index (χ2v) is 6.51. The summed E-state index contributed by atoms with van der Waals surface area (Å²) < 4.78 is 57.1. The Hall–Kier alpha value is -3.10. The minimum absolute atomic E-state index is 0.160. The van der Waals surface area contributed by atoms with E-state index in [0.717, 1.165) is 6.07 Å². The number of halogens is 4. The van der Waals surface area contributed by atoms with Gasteiger partial charge in [0.05, 0.1) is 12.7 Å². The number of hydrogen-bond donors (Lipinski definition) is 0. The van der Waals surface area contributed by atoms with Crippen LogP contribution in [0.25, 0.3) is 0 Å². The highest BCUT2D eigenvalue weighted by atomic mass is 19.4. The predicted octanol–water partition coefficient (Wildman–Crippen LogP) is 3.45. The van der Waals surface area contributed by atoms with Crippen LogP contribution in [-0.2, 0) is 6.18 Å². The van der Waals surface area contributed by atoms with Crippen molar-refractivity contribution in [2.24, 2.45) is 0 Å². The molecule has 0 unspecified atom stereocenters. The Bertz CT molecular complexity index is 922. The van der Waals surface area contributed by atoms with E-state index in [-0.39, 0.29) is 37.6 Å². The van der Waals surface area contributed by atoms with Crippen molar-refractivity contribution in [1.82, 2.24) is 9.80 Å². The number of benzene rings is 2. The molecule has 154 valence electrons. The highest BCUT2D eigenvalue weighted by Crippen LogP contribution is 2.32. The van der Waals surface area contributed by atoms with Crippen LogP contribution in [0.3, 0.4) is 0 Å². The molecule has 1 aliphatic heterocycles. The third-order valence-corrected chi connectivity index (χ3v) is 4.69. The van der Waals surface area contributed by atoms with Crippen molar-refractivity contribution >= 4 is 11.8 Å². The van der Waals surface area contributed by atoms with Crippen LogP contribution in [0.2, 0.25) is 0 Å². The van der Waals surface area contributed by atoms with Crippen LogP contribution in [0.4, 0.5) is 17.6 Å². The summed E-state index contributed by atoms with van der Waals surface area (Å²) in [6.45, 7) is 0.782. The van der Waals surface area contributed by atoms with E-state index < -0.39 is 23.5 Å². The molecular weight excluding hydrogens is 392 g/mol. The van der Waals surface area contributed by atoms with Crippen LogP contribution < -0.4 is 4.74 Å². The summed E-state index contributed by atoms with van der Waals surface area (Å²) in [6.07, 6.45) is -4.89. The Balaban J connectivity index is 1.67. The summed E-state index contributed by atoms with van der Waals surface area (Å²) in [5.74, 6) is -1.75. The number of hydrogen-bond acceptors (Lipinski definition) is 3. The average Bonchev–Trinajstić information content (AvgIpc) is 2.72. The van der Waals surface area contributed by atoms with Gasteiger partial charge in [0.1, 0.15) is 11.6 Å². The van der Waals surface area contributed by atoms with Crippen LogP contribution >= 0.6 is 0 Å². The molecule has 1 fully saturated rings. The number of nitrogens with zero attached hydrogens (tertiary/aromatic N) is 2. The second-order valence-electron chi connectivity index (χ2n) is 6.51. The maximum atomic E-state index is 13.4. The molecule has 0 bridgehead atoms.